The zero-order chi connectivity index (χ0) is 13.2. The van der Waals surface area contributed by atoms with Crippen molar-refractivity contribution in [2.45, 2.75) is 57.4 Å². The van der Waals surface area contributed by atoms with Crippen LogP contribution in [-0.4, -0.2) is 12.0 Å². The van der Waals surface area contributed by atoms with Gasteiger partial charge in [0.15, 0.2) is 0 Å². The van der Waals surface area contributed by atoms with Crippen LogP contribution in [0, 0.1) is 5.92 Å². The van der Waals surface area contributed by atoms with E-state index in [4.69, 9.17) is 5.73 Å². The zero-order valence-electron chi connectivity index (χ0n) is 10.8. The molecule has 1 saturated carbocycles. The van der Waals surface area contributed by atoms with Crippen molar-refractivity contribution in [3.05, 3.63) is 21.9 Å². The summed E-state index contributed by atoms with van der Waals surface area (Å²) >= 11 is 1.80. The highest BCUT2D eigenvalue weighted by Crippen LogP contribution is 2.37. The topological polar surface area (TPSA) is 26.0 Å². The van der Waals surface area contributed by atoms with Crippen LogP contribution in [0.4, 0.5) is 8.78 Å². The average molecular weight is 273 g/mol. The summed E-state index contributed by atoms with van der Waals surface area (Å²) in [6.45, 7) is 2.14. The minimum absolute atomic E-state index is 0.00994. The number of nitrogens with two attached hydrogens (primary N) is 1. The van der Waals surface area contributed by atoms with Gasteiger partial charge in [-0.15, -0.1) is 11.3 Å². The number of rotatable bonds is 4. The van der Waals surface area contributed by atoms with Crippen molar-refractivity contribution in [1.29, 1.82) is 0 Å². The van der Waals surface area contributed by atoms with Crippen LogP contribution >= 0.6 is 11.3 Å². The Morgan fingerprint density at radius 2 is 1.94 bits per heavy atom. The second kappa shape index (κ2) is 5.66. The summed E-state index contributed by atoms with van der Waals surface area (Å²) in [7, 11) is 0. The zero-order valence-corrected chi connectivity index (χ0v) is 11.6. The summed E-state index contributed by atoms with van der Waals surface area (Å²) in [5.74, 6) is -2.19. The highest BCUT2D eigenvalue weighted by molar-refractivity contribution is 7.11. The third kappa shape index (κ3) is 3.51. The predicted molar refractivity (Wildman–Crippen MR) is 72.3 cm³/mol. The molecule has 0 radical (unpaired) electrons. The van der Waals surface area contributed by atoms with Gasteiger partial charge in [-0.25, -0.2) is 8.78 Å². The molecule has 4 heteroatoms. The maximum atomic E-state index is 13.1. The number of aryl methyl sites for hydroxylation is 1. The first-order valence-corrected chi connectivity index (χ1v) is 7.53. The summed E-state index contributed by atoms with van der Waals surface area (Å²) in [4.78, 5) is 2.66. The predicted octanol–water partition coefficient (Wildman–Crippen LogP) is 4.01. The smallest absolute Gasteiger partial charge is 0.248 e. The minimum atomic E-state index is -2.45. The van der Waals surface area contributed by atoms with Gasteiger partial charge in [0.05, 0.1) is 0 Å². The van der Waals surface area contributed by atoms with E-state index < -0.39 is 5.92 Å². The number of halogens is 2. The molecule has 102 valence electrons. The van der Waals surface area contributed by atoms with Crippen LogP contribution in [-0.2, 0) is 12.8 Å². The molecule has 18 heavy (non-hydrogen) atoms. The molecule has 1 heterocycles. The molecule has 2 rings (SSSR count). The van der Waals surface area contributed by atoms with Crippen molar-refractivity contribution in [3.63, 3.8) is 0 Å². The molecular weight excluding hydrogens is 252 g/mol. The molecule has 1 fully saturated rings. The van der Waals surface area contributed by atoms with Gasteiger partial charge in [-0.3, -0.25) is 0 Å². The summed E-state index contributed by atoms with van der Waals surface area (Å²) in [5.41, 5.74) is 6.18. The van der Waals surface area contributed by atoms with Crippen LogP contribution in [0.3, 0.4) is 0 Å². The Morgan fingerprint density at radius 1 is 1.33 bits per heavy atom. The van der Waals surface area contributed by atoms with Gasteiger partial charge >= 0.3 is 0 Å². The van der Waals surface area contributed by atoms with Gasteiger partial charge in [0.2, 0.25) is 5.92 Å². The normalized spacial score (nSPS) is 22.0. The number of hydrogen-bond donors (Lipinski definition) is 1. The Hall–Kier alpha value is -0.480. The first-order chi connectivity index (χ1) is 8.50. The van der Waals surface area contributed by atoms with E-state index in [0.29, 0.717) is 12.8 Å². The van der Waals surface area contributed by atoms with Gasteiger partial charge < -0.3 is 5.73 Å². The van der Waals surface area contributed by atoms with Crippen molar-refractivity contribution in [3.8, 4) is 0 Å². The molecule has 0 amide bonds. The fourth-order valence-corrected chi connectivity index (χ4v) is 3.64. The lowest BCUT2D eigenvalue weighted by Crippen LogP contribution is -2.37. The van der Waals surface area contributed by atoms with Gasteiger partial charge in [0.25, 0.3) is 0 Å². The summed E-state index contributed by atoms with van der Waals surface area (Å²) in [6, 6.07) is 4.30. The monoisotopic (exact) mass is 273 g/mol. The van der Waals surface area contributed by atoms with Gasteiger partial charge in [0.1, 0.15) is 0 Å². The molecule has 1 aromatic heterocycles. The summed E-state index contributed by atoms with van der Waals surface area (Å²) in [6.07, 6.45) is 3.04. The lowest BCUT2D eigenvalue weighted by Gasteiger charge is -2.31. The molecule has 0 aromatic carbocycles. The van der Waals surface area contributed by atoms with Gasteiger partial charge in [-0.2, -0.15) is 0 Å². The van der Waals surface area contributed by atoms with E-state index in [1.165, 1.54) is 9.75 Å². The van der Waals surface area contributed by atoms with Crippen LogP contribution in [0.5, 0.6) is 0 Å². The summed E-state index contributed by atoms with van der Waals surface area (Å²) in [5, 5.41) is 0. The molecule has 0 aliphatic heterocycles. The van der Waals surface area contributed by atoms with Crippen molar-refractivity contribution in [2.75, 3.05) is 0 Å². The molecule has 2 N–H and O–H groups in total. The maximum absolute atomic E-state index is 13.1. The maximum Gasteiger partial charge on any atom is 0.248 e. The van der Waals surface area contributed by atoms with Crippen LogP contribution in [0.1, 0.15) is 42.4 Å². The van der Waals surface area contributed by atoms with E-state index in [2.05, 4.69) is 19.1 Å². The van der Waals surface area contributed by atoms with E-state index >= 15 is 0 Å². The average Bonchev–Trinajstić information content (AvgIpc) is 2.76. The fourth-order valence-electron chi connectivity index (χ4n) is 2.61. The Labute approximate surface area is 111 Å². The Morgan fingerprint density at radius 3 is 2.50 bits per heavy atom. The van der Waals surface area contributed by atoms with E-state index in [9.17, 15) is 8.78 Å². The van der Waals surface area contributed by atoms with Crippen LogP contribution in [0.25, 0.3) is 0 Å². The third-order valence-corrected chi connectivity index (χ3v) is 5.12. The summed E-state index contributed by atoms with van der Waals surface area (Å²) < 4.78 is 26.2. The van der Waals surface area contributed by atoms with Gasteiger partial charge in [-0.1, -0.05) is 6.92 Å². The van der Waals surface area contributed by atoms with Crippen molar-refractivity contribution < 1.29 is 8.78 Å². The number of thiophene rings is 1. The molecular formula is C14H21F2NS. The SMILES string of the molecule is CCc1ccc(CC(N)C2CCC(F)(F)CC2)s1. The number of hydrogen-bond acceptors (Lipinski definition) is 2. The standard InChI is InChI=1S/C14H21F2NS/c1-2-11-3-4-12(18-11)9-13(17)10-5-7-14(15,16)8-6-10/h3-4,10,13H,2,5-9,17H2,1H3. The van der Waals surface area contributed by atoms with Crippen LogP contribution < -0.4 is 5.73 Å². The highest BCUT2D eigenvalue weighted by atomic mass is 32.1. The van der Waals surface area contributed by atoms with Crippen LogP contribution in [0.15, 0.2) is 12.1 Å². The largest absolute Gasteiger partial charge is 0.327 e. The minimum Gasteiger partial charge on any atom is -0.327 e. The lowest BCUT2D eigenvalue weighted by atomic mass is 9.81. The first-order valence-electron chi connectivity index (χ1n) is 6.71. The van der Waals surface area contributed by atoms with Crippen molar-refractivity contribution >= 4 is 11.3 Å². The van der Waals surface area contributed by atoms with Crippen molar-refractivity contribution in [1.82, 2.24) is 0 Å². The second-order valence-electron chi connectivity index (χ2n) is 5.28. The molecule has 0 spiro atoms. The Bertz CT molecular complexity index is 379. The molecule has 1 aliphatic carbocycles. The van der Waals surface area contributed by atoms with E-state index in [-0.39, 0.29) is 24.8 Å². The Balaban J connectivity index is 1.86. The first kappa shape index (κ1) is 13.9. The second-order valence-corrected chi connectivity index (χ2v) is 6.54. The third-order valence-electron chi connectivity index (χ3n) is 3.87. The molecule has 0 saturated heterocycles. The molecule has 1 nitrogen and oxygen atoms in total. The molecule has 1 unspecified atom stereocenters. The molecule has 1 aromatic rings. The lowest BCUT2D eigenvalue weighted by molar-refractivity contribution is -0.0481. The molecule has 0 bridgehead atoms. The van der Waals surface area contributed by atoms with Crippen molar-refractivity contribution in [2.24, 2.45) is 11.7 Å². The number of alkyl halides is 2. The Kier molecular flexibility index (Phi) is 4.38. The van der Waals surface area contributed by atoms with E-state index in [1.54, 1.807) is 11.3 Å². The highest BCUT2D eigenvalue weighted by Gasteiger charge is 2.36. The molecule has 1 aliphatic rings. The quantitative estimate of drug-likeness (QED) is 0.881. The van der Waals surface area contributed by atoms with Gasteiger partial charge in [-0.05, 0) is 43.7 Å². The van der Waals surface area contributed by atoms with E-state index in [1.807, 2.05) is 0 Å². The molecule has 1 atom stereocenters. The fraction of sp³-hybridized carbons (Fsp3) is 0.714. The van der Waals surface area contributed by atoms with Gasteiger partial charge in [0, 0.05) is 28.6 Å². The van der Waals surface area contributed by atoms with E-state index in [0.717, 1.165) is 12.8 Å². The van der Waals surface area contributed by atoms with Crippen LogP contribution in [0.2, 0.25) is 0 Å².